The quantitative estimate of drug-likeness (QED) is 0.0641. The highest BCUT2D eigenvalue weighted by Gasteiger charge is 2.15. The largest absolute Gasteiger partial charge is 0.399 e. The van der Waals surface area contributed by atoms with Gasteiger partial charge >= 0.3 is 0 Å². The van der Waals surface area contributed by atoms with Crippen molar-refractivity contribution in [3.05, 3.63) is 113 Å². The number of anilines is 2. The van der Waals surface area contributed by atoms with Crippen LogP contribution >= 0.6 is 12.6 Å². The number of hydrogen-bond acceptors (Lipinski definition) is 5. The number of thiol groups is 1. The van der Waals surface area contributed by atoms with Gasteiger partial charge in [-0.15, -0.1) is 0 Å². The number of nitrogens with zero attached hydrogens (tertiary/aromatic N) is 1. The van der Waals surface area contributed by atoms with E-state index in [1.807, 2.05) is 18.2 Å². The number of benzene rings is 3. The van der Waals surface area contributed by atoms with Gasteiger partial charge in [0.1, 0.15) is 0 Å². The lowest BCUT2D eigenvalue weighted by Crippen LogP contribution is -2.18. The molecule has 0 saturated carbocycles. The Morgan fingerprint density at radius 3 is 2.38 bits per heavy atom. The molecule has 0 aliphatic carbocycles. The lowest BCUT2D eigenvalue weighted by molar-refractivity contribution is 0.102. The van der Waals surface area contributed by atoms with Crippen molar-refractivity contribution in [2.45, 2.75) is 39.5 Å². The third-order valence-electron chi connectivity index (χ3n) is 7.20. The molecule has 7 heteroatoms. The molecule has 42 heavy (non-hydrogen) atoms. The Labute approximate surface area is 254 Å². The lowest BCUT2D eigenvalue weighted by atomic mass is 9.99. The van der Waals surface area contributed by atoms with Crippen LogP contribution in [0.5, 0.6) is 0 Å². The van der Waals surface area contributed by atoms with Gasteiger partial charge in [-0.2, -0.15) is 12.6 Å². The Hall–Kier alpha value is -4.07. The molecule has 5 N–H and O–H groups in total. The zero-order chi connectivity index (χ0) is 29.9. The fraction of sp³-hybridized carbons (Fsp3) is 0.257. The highest BCUT2D eigenvalue weighted by molar-refractivity contribution is 7.79. The molecule has 218 valence electrons. The van der Waals surface area contributed by atoms with Crippen LogP contribution < -0.4 is 16.4 Å². The molecule has 3 aromatic carbocycles. The molecular weight excluding hydrogens is 538 g/mol. The maximum absolute atomic E-state index is 12.8. The van der Waals surface area contributed by atoms with Crippen LogP contribution in [-0.2, 0) is 12.8 Å². The first-order chi connectivity index (χ1) is 20.5. The van der Waals surface area contributed by atoms with Crippen LogP contribution in [0, 0.1) is 13.8 Å². The number of unbranched alkanes of at least 4 members (excludes halogenated alkanes) is 1. The molecule has 5 rings (SSSR count). The molecule has 0 atom stereocenters. The number of aromatic nitrogens is 2. The fourth-order valence-electron chi connectivity index (χ4n) is 5.25. The fourth-order valence-corrected chi connectivity index (χ4v) is 5.25. The molecule has 2 aromatic heterocycles. The molecule has 0 aliphatic rings. The van der Waals surface area contributed by atoms with E-state index < -0.39 is 0 Å². The number of pyridine rings is 1. The summed E-state index contributed by atoms with van der Waals surface area (Å²) in [5.74, 6) is -0.167. The summed E-state index contributed by atoms with van der Waals surface area (Å²) in [6, 6.07) is 24.4. The van der Waals surface area contributed by atoms with Gasteiger partial charge < -0.3 is 21.4 Å². The average Bonchev–Trinajstić information content (AvgIpc) is 3.36. The molecule has 0 aliphatic heterocycles. The van der Waals surface area contributed by atoms with E-state index in [1.165, 1.54) is 27.8 Å². The number of fused-ring (bicyclic) bond motifs is 1. The maximum Gasteiger partial charge on any atom is 0.257 e. The molecule has 1 amide bonds. The van der Waals surface area contributed by atoms with E-state index in [4.69, 9.17) is 5.73 Å². The summed E-state index contributed by atoms with van der Waals surface area (Å²) in [6.07, 6.45) is 9.13. The number of aromatic amines is 1. The summed E-state index contributed by atoms with van der Waals surface area (Å²) in [6.45, 7) is 6.12. The molecule has 5 aromatic rings. The first-order valence-electron chi connectivity index (χ1n) is 14.4. The summed E-state index contributed by atoms with van der Waals surface area (Å²) >= 11 is 3.53. The Morgan fingerprint density at radius 1 is 0.905 bits per heavy atom. The second kappa shape index (κ2) is 15.2. The Kier molecular flexibility index (Phi) is 11.2. The van der Waals surface area contributed by atoms with Gasteiger partial charge in [-0.3, -0.25) is 9.78 Å². The van der Waals surface area contributed by atoms with Gasteiger partial charge in [-0.25, -0.2) is 0 Å². The van der Waals surface area contributed by atoms with E-state index in [0.717, 1.165) is 66.7 Å². The number of hydrogen-bond donors (Lipinski definition) is 5. The molecule has 0 bridgehead atoms. The van der Waals surface area contributed by atoms with Crippen molar-refractivity contribution in [3.63, 3.8) is 0 Å². The molecule has 0 saturated heterocycles. The van der Waals surface area contributed by atoms with E-state index in [9.17, 15) is 4.79 Å². The van der Waals surface area contributed by atoms with Crippen LogP contribution in [0.2, 0.25) is 0 Å². The van der Waals surface area contributed by atoms with E-state index in [1.54, 1.807) is 30.8 Å². The van der Waals surface area contributed by atoms with Gasteiger partial charge in [0.15, 0.2) is 0 Å². The predicted octanol–water partition coefficient (Wildman–Crippen LogP) is 7.38. The van der Waals surface area contributed by atoms with Crippen molar-refractivity contribution >= 4 is 40.8 Å². The number of rotatable bonds is 11. The molecular formula is C35H41N5OS. The van der Waals surface area contributed by atoms with E-state index in [0.29, 0.717) is 5.56 Å². The topological polar surface area (TPSA) is 95.8 Å². The number of nitrogen functional groups attached to an aromatic ring is 1. The summed E-state index contributed by atoms with van der Waals surface area (Å²) in [7, 11) is 0. The van der Waals surface area contributed by atoms with Gasteiger partial charge in [0.2, 0.25) is 0 Å². The van der Waals surface area contributed by atoms with Crippen LogP contribution in [0.15, 0.2) is 85.2 Å². The van der Waals surface area contributed by atoms with Gasteiger partial charge in [0, 0.05) is 40.4 Å². The first kappa shape index (κ1) is 30.9. The minimum atomic E-state index is -0.167. The number of amides is 1. The second-order valence-corrected chi connectivity index (χ2v) is 10.5. The normalized spacial score (nSPS) is 10.8. The second-order valence-electron chi connectivity index (χ2n) is 10.5. The number of nitrogens with one attached hydrogen (secondary N) is 3. The number of carbonyl (C=O) groups excluding carboxylic acids is 1. The molecule has 0 radical (unpaired) electrons. The Bertz CT molecular complexity index is 1580. The van der Waals surface area contributed by atoms with Gasteiger partial charge in [-0.1, -0.05) is 29.3 Å². The summed E-state index contributed by atoms with van der Waals surface area (Å²) < 4.78 is 0. The summed E-state index contributed by atoms with van der Waals surface area (Å²) in [5, 5.41) is 7.81. The first-order valence-corrected chi connectivity index (χ1v) is 15.3. The number of carbonyl (C=O) groups is 1. The SMILES string of the molecule is CS.Cc1cc(C)cc(-c2[nH]c3ccc(NC(=O)c4cccnc4)cc3c2CCNCCCCc2ccc(N)cc2)c1. The summed E-state index contributed by atoms with van der Waals surface area (Å²) in [5.41, 5.74) is 16.4. The van der Waals surface area contributed by atoms with Crippen LogP contribution in [0.4, 0.5) is 11.4 Å². The van der Waals surface area contributed by atoms with Crippen molar-refractivity contribution in [3.8, 4) is 11.3 Å². The predicted molar refractivity (Wildman–Crippen MR) is 181 cm³/mol. The van der Waals surface area contributed by atoms with Crippen molar-refractivity contribution in [1.82, 2.24) is 15.3 Å². The zero-order valence-electron chi connectivity index (χ0n) is 24.7. The number of aryl methyl sites for hydroxylation is 3. The van der Waals surface area contributed by atoms with Crippen LogP contribution in [-0.4, -0.2) is 35.2 Å². The highest BCUT2D eigenvalue weighted by Crippen LogP contribution is 2.33. The maximum atomic E-state index is 12.8. The third kappa shape index (κ3) is 8.24. The van der Waals surface area contributed by atoms with E-state index >= 15 is 0 Å². The minimum Gasteiger partial charge on any atom is -0.399 e. The molecule has 6 nitrogen and oxygen atoms in total. The van der Waals surface area contributed by atoms with Crippen LogP contribution in [0.1, 0.15) is 45.5 Å². The smallest absolute Gasteiger partial charge is 0.257 e. The van der Waals surface area contributed by atoms with Crippen molar-refractivity contribution in [1.29, 1.82) is 0 Å². The third-order valence-corrected chi connectivity index (χ3v) is 7.20. The summed E-state index contributed by atoms with van der Waals surface area (Å²) in [4.78, 5) is 20.5. The van der Waals surface area contributed by atoms with Gasteiger partial charge in [0.25, 0.3) is 5.91 Å². The average molecular weight is 580 g/mol. The highest BCUT2D eigenvalue weighted by atomic mass is 32.1. The lowest BCUT2D eigenvalue weighted by Gasteiger charge is -2.10. The van der Waals surface area contributed by atoms with Crippen LogP contribution in [0.3, 0.4) is 0 Å². The monoisotopic (exact) mass is 579 g/mol. The Morgan fingerprint density at radius 2 is 1.67 bits per heavy atom. The number of nitrogens with two attached hydrogens (primary N) is 1. The van der Waals surface area contributed by atoms with Crippen LogP contribution in [0.25, 0.3) is 22.2 Å². The molecule has 0 spiro atoms. The molecule has 2 heterocycles. The van der Waals surface area contributed by atoms with Crippen molar-refractivity contribution in [2.24, 2.45) is 0 Å². The molecule has 0 unspecified atom stereocenters. The zero-order valence-corrected chi connectivity index (χ0v) is 25.6. The van der Waals surface area contributed by atoms with E-state index in [-0.39, 0.29) is 5.91 Å². The standard InChI is InChI=1S/C34H37N5O.CH4S/c1-23-18-24(2)20-27(19-23)33-30(14-17-36-15-4-3-6-25-8-10-28(35)11-9-25)31-21-29(12-13-32(31)39-33)38-34(40)26-7-5-16-37-22-26;1-2/h5,7-13,16,18-22,36,39H,3-4,6,14-15,17,35H2,1-2H3,(H,38,40);2H,1H3. The number of H-pyrrole nitrogens is 1. The minimum absolute atomic E-state index is 0.167. The van der Waals surface area contributed by atoms with Gasteiger partial charge in [0.05, 0.1) is 5.56 Å². The molecule has 0 fully saturated rings. The van der Waals surface area contributed by atoms with Crippen molar-refractivity contribution in [2.75, 3.05) is 30.4 Å². The van der Waals surface area contributed by atoms with E-state index in [2.05, 4.69) is 89.5 Å². The van der Waals surface area contributed by atoms with Crippen molar-refractivity contribution < 1.29 is 4.79 Å². The Balaban J connectivity index is 0.00000198. The van der Waals surface area contributed by atoms with Gasteiger partial charge in [-0.05, 0) is 130 Å².